The molecule has 1 saturated heterocycles. The molecule has 158 valence electrons. The van der Waals surface area contributed by atoms with Crippen molar-refractivity contribution in [2.45, 2.75) is 41.5 Å². The number of nitrogens with zero attached hydrogens (tertiary/aromatic N) is 2. The van der Waals surface area contributed by atoms with Gasteiger partial charge in [-0.05, 0) is 106 Å². The van der Waals surface area contributed by atoms with E-state index in [-0.39, 0.29) is 5.91 Å². The Kier molecular flexibility index (Phi) is 5.63. The summed E-state index contributed by atoms with van der Waals surface area (Å²) in [6, 6.07) is 14.8. The van der Waals surface area contributed by atoms with E-state index < -0.39 is 0 Å². The Morgan fingerprint density at radius 1 is 0.903 bits per heavy atom. The van der Waals surface area contributed by atoms with Crippen molar-refractivity contribution in [3.63, 3.8) is 0 Å². The van der Waals surface area contributed by atoms with E-state index in [1.54, 1.807) is 0 Å². The molecule has 0 saturated carbocycles. The third-order valence-corrected chi connectivity index (χ3v) is 6.64. The van der Waals surface area contributed by atoms with E-state index in [0.29, 0.717) is 10.1 Å². The third kappa shape index (κ3) is 4.23. The zero-order valence-electron chi connectivity index (χ0n) is 18.8. The lowest BCUT2D eigenvalue weighted by Crippen LogP contribution is -2.19. The van der Waals surface area contributed by atoms with E-state index in [9.17, 15) is 4.79 Å². The molecule has 1 aromatic heterocycles. The van der Waals surface area contributed by atoms with Crippen LogP contribution in [0.1, 0.15) is 39.2 Å². The van der Waals surface area contributed by atoms with Gasteiger partial charge >= 0.3 is 0 Å². The van der Waals surface area contributed by atoms with Crippen molar-refractivity contribution < 1.29 is 4.79 Å². The Balaban J connectivity index is 1.65. The van der Waals surface area contributed by atoms with Crippen molar-refractivity contribution in [3.05, 3.63) is 86.6 Å². The Morgan fingerprint density at radius 2 is 1.68 bits per heavy atom. The molecule has 0 spiro atoms. The van der Waals surface area contributed by atoms with Crippen molar-refractivity contribution in [1.29, 1.82) is 0 Å². The zero-order chi connectivity index (χ0) is 22.3. The highest BCUT2D eigenvalue weighted by Gasteiger charge is 2.25. The molecule has 0 radical (unpaired) electrons. The van der Waals surface area contributed by atoms with Gasteiger partial charge in [0.05, 0.1) is 10.6 Å². The minimum Gasteiger partial charge on any atom is -0.318 e. The molecule has 2 aromatic carbocycles. The Hall–Kier alpha value is -3.05. The minimum atomic E-state index is -0.107. The van der Waals surface area contributed by atoms with Crippen molar-refractivity contribution in [1.82, 2.24) is 9.88 Å². The first kappa shape index (κ1) is 21.2. The predicted molar refractivity (Wildman–Crippen MR) is 131 cm³/mol. The number of carbonyl (C=O) groups excluding carboxylic acids is 1. The first-order valence-corrected chi connectivity index (χ1v) is 11.2. The summed E-state index contributed by atoms with van der Waals surface area (Å²) in [7, 11) is 0. The van der Waals surface area contributed by atoms with E-state index in [4.69, 9.17) is 0 Å². The molecular weight excluding hydrogens is 402 g/mol. The van der Waals surface area contributed by atoms with Crippen molar-refractivity contribution in [2.24, 2.45) is 4.99 Å². The fourth-order valence-electron chi connectivity index (χ4n) is 3.86. The maximum atomic E-state index is 12.6. The van der Waals surface area contributed by atoms with Gasteiger partial charge in [-0.3, -0.25) is 4.79 Å². The van der Waals surface area contributed by atoms with Gasteiger partial charge in [-0.1, -0.05) is 23.8 Å². The molecule has 1 aliphatic rings. The van der Waals surface area contributed by atoms with E-state index in [1.807, 2.05) is 25.1 Å². The van der Waals surface area contributed by atoms with E-state index in [2.05, 4.69) is 79.8 Å². The largest absolute Gasteiger partial charge is 0.318 e. The molecule has 0 atom stereocenters. The second-order valence-corrected chi connectivity index (χ2v) is 9.23. The van der Waals surface area contributed by atoms with Crippen LogP contribution in [0.2, 0.25) is 0 Å². The molecule has 4 nitrogen and oxygen atoms in total. The summed E-state index contributed by atoms with van der Waals surface area (Å²) in [5.74, 6) is -0.107. The summed E-state index contributed by atoms with van der Waals surface area (Å²) in [5.41, 5.74) is 10.2. The molecule has 1 fully saturated rings. The topological polar surface area (TPSA) is 46.4 Å². The van der Waals surface area contributed by atoms with E-state index >= 15 is 0 Å². The molecule has 0 bridgehead atoms. The normalized spacial score (nSPS) is 16.4. The van der Waals surface area contributed by atoms with Crippen LogP contribution in [0.3, 0.4) is 0 Å². The molecule has 5 heteroatoms. The molecule has 1 amide bonds. The molecule has 0 unspecified atom stereocenters. The summed E-state index contributed by atoms with van der Waals surface area (Å²) in [4.78, 5) is 17.9. The van der Waals surface area contributed by atoms with Crippen LogP contribution in [0.4, 0.5) is 5.69 Å². The molecule has 0 aliphatic carbocycles. The number of amides is 1. The van der Waals surface area contributed by atoms with E-state index in [1.165, 1.54) is 28.5 Å². The predicted octanol–water partition coefficient (Wildman–Crippen LogP) is 6.22. The maximum Gasteiger partial charge on any atom is 0.264 e. The SMILES string of the molecule is Cc1ccc(N=C2NC(=O)/C(=C/c3cc(C)n(-c4ccc(C)c(C)c4)c3C)S2)c(C)c1. The van der Waals surface area contributed by atoms with Crippen LogP contribution in [0.25, 0.3) is 11.8 Å². The van der Waals surface area contributed by atoms with Gasteiger partial charge in [-0.25, -0.2) is 4.99 Å². The third-order valence-electron chi connectivity index (χ3n) is 5.73. The molecular formula is C26H27N3OS. The second-order valence-electron chi connectivity index (χ2n) is 8.20. The number of thioether (sulfide) groups is 1. The van der Waals surface area contributed by atoms with E-state index in [0.717, 1.165) is 33.9 Å². The zero-order valence-corrected chi connectivity index (χ0v) is 19.6. The van der Waals surface area contributed by atoms with Crippen LogP contribution in [-0.4, -0.2) is 15.6 Å². The highest BCUT2D eigenvalue weighted by Crippen LogP contribution is 2.31. The summed E-state index contributed by atoms with van der Waals surface area (Å²) in [6.45, 7) is 12.5. The summed E-state index contributed by atoms with van der Waals surface area (Å²) in [5, 5.41) is 3.52. The standard InChI is InChI=1S/C26H27N3OS/c1-15-7-10-23(18(4)11-15)27-26-28-25(30)24(31-26)14-21-13-19(5)29(20(21)6)22-9-8-16(2)17(3)12-22/h7-14H,1-6H3,(H,27,28,30)/b24-14-. The number of aromatic nitrogens is 1. The van der Waals surface area contributed by atoms with Crippen LogP contribution >= 0.6 is 11.8 Å². The fraction of sp³-hybridized carbons (Fsp3) is 0.231. The van der Waals surface area contributed by atoms with Gasteiger partial charge in [0.1, 0.15) is 0 Å². The Bertz CT molecular complexity index is 1260. The molecule has 1 aliphatic heterocycles. The molecule has 31 heavy (non-hydrogen) atoms. The van der Waals surface area contributed by atoms with Gasteiger partial charge in [0.25, 0.3) is 5.91 Å². The number of benzene rings is 2. The average molecular weight is 430 g/mol. The number of rotatable bonds is 3. The fourth-order valence-corrected chi connectivity index (χ4v) is 4.68. The maximum absolute atomic E-state index is 12.6. The number of aryl methyl sites for hydroxylation is 5. The van der Waals surface area contributed by atoms with Gasteiger partial charge < -0.3 is 9.88 Å². The van der Waals surface area contributed by atoms with Gasteiger partial charge in [-0.15, -0.1) is 0 Å². The monoisotopic (exact) mass is 429 g/mol. The second kappa shape index (κ2) is 8.23. The first-order chi connectivity index (χ1) is 14.7. The quantitative estimate of drug-likeness (QED) is 0.503. The average Bonchev–Trinajstić information content (AvgIpc) is 3.19. The number of nitrogens with one attached hydrogen (secondary N) is 1. The van der Waals surface area contributed by atoms with Crippen molar-refractivity contribution in [2.75, 3.05) is 0 Å². The smallest absolute Gasteiger partial charge is 0.264 e. The Labute approximate surface area is 188 Å². The van der Waals surface area contributed by atoms with Crippen molar-refractivity contribution >= 4 is 34.6 Å². The highest BCUT2D eigenvalue weighted by molar-refractivity contribution is 8.18. The Morgan fingerprint density at radius 3 is 2.39 bits per heavy atom. The molecule has 1 N–H and O–H groups in total. The van der Waals surface area contributed by atoms with Crippen LogP contribution < -0.4 is 5.32 Å². The van der Waals surface area contributed by atoms with Gasteiger partial charge in [0.15, 0.2) is 5.17 Å². The number of aliphatic imine (C=N–C) groups is 1. The van der Waals surface area contributed by atoms with Gasteiger partial charge in [0, 0.05) is 17.1 Å². The van der Waals surface area contributed by atoms with Crippen molar-refractivity contribution in [3.8, 4) is 5.69 Å². The number of amidine groups is 1. The highest BCUT2D eigenvalue weighted by atomic mass is 32.2. The number of carbonyl (C=O) groups is 1. The summed E-state index contributed by atoms with van der Waals surface area (Å²) < 4.78 is 2.24. The number of hydrogen-bond acceptors (Lipinski definition) is 3. The lowest BCUT2D eigenvalue weighted by atomic mass is 10.1. The van der Waals surface area contributed by atoms with Crippen LogP contribution in [0.5, 0.6) is 0 Å². The molecule has 4 rings (SSSR count). The molecule has 2 heterocycles. The van der Waals surface area contributed by atoms with Gasteiger partial charge in [0.2, 0.25) is 0 Å². The number of hydrogen-bond donors (Lipinski definition) is 1. The lowest BCUT2D eigenvalue weighted by molar-refractivity contribution is -0.115. The summed E-state index contributed by atoms with van der Waals surface area (Å²) >= 11 is 1.39. The lowest BCUT2D eigenvalue weighted by Gasteiger charge is -2.11. The van der Waals surface area contributed by atoms with Gasteiger partial charge in [-0.2, -0.15) is 0 Å². The van der Waals surface area contributed by atoms with Crippen LogP contribution in [-0.2, 0) is 4.79 Å². The van der Waals surface area contributed by atoms with Crippen LogP contribution in [0, 0.1) is 41.5 Å². The van der Waals surface area contributed by atoms with Crippen LogP contribution in [0.15, 0.2) is 52.4 Å². The first-order valence-electron chi connectivity index (χ1n) is 10.4. The summed E-state index contributed by atoms with van der Waals surface area (Å²) in [6.07, 6.45) is 1.96. The minimum absolute atomic E-state index is 0.107. The molecule has 3 aromatic rings.